The lowest BCUT2D eigenvalue weighted by molar-refractivity contribution is -0.139. The van der Waals surface area contributed by atoms with Crippen LogP contribution in [0.5, 0.6) is 0 Å². The summed E-state index contributed by atoms with van der Waals surface area (Å²) < 4.78 is 0. The Morgan fingerprint density at radius 1 is 1.45 bits per heavy atom. The van der Waals surface area contributed by atoms with Gasteiger partial charge in [0, 0.05) is 6.04 Å². The summed E-state index contributed by atoms with van der Waals surface area (Å²) in [5.41, 5.74) is 10.8. The molecule has 0 heterocycles. The minimum Gasteiger partial charge on any atom is -0.480 e. The molecule has 66 valence electrons. The normalized spacial score (nSPS) is 16.5. The number of nitrogens with two attached hydrogens (primary N) is 2. The molecule has 4 heteroatoms. The van der Waals surface area contributed by atoms with Crippen LogP contribution in [-0.4, -0.2) is 23.2 Å². The summed E-state index contributed by atoms with van der Waals surface area (Å²) in [5, 5.41) is 8.46. The maximum Gasteiger partial charge on any atom is 0.322 e. The average molecular weight is 160 g/mol. The quantitative estimate of drug-likeness (QED) is 0.530. The van der Waals surface area contributed by atoms with E-state index in [9.17, 15) is 4.79 Å². The molecule has 0 aromatic rings. The predicted molar refractivity (Wildman–Crippen MR) is 43.0 cm³/mol. The summed E-state index contributed by atoms with van der Waals surface area (Å²) in [6.45, 7) is 3.96. The molecule has 2 atom stereocenters. The van der Waals surface area contributed by atoms with E-state index in [-0.39, 0.29) is 0 Å². The molecule has 0 spiro atoms. The number of carboxylic acid groups (broad SMARTS) is 1. The van der Waals surface area contributed by atoms with Crippen LogP contribution >= 0.6 is 0 Å². The molecular weight excluding hydrogens is 144 g/mol. The first-order valence-corrected chi connectivity index (χ1v) is 3.69. The van der Waals surface area contributed by atoms with Gasteiger partial charge in [-0.15, -0.1) is 0 Å². The van der Waals surface area contributed by atoms with Crippen molar-refractivity contribution in [2.75, 3.05) is 0 Å². The molecule has 4 nitrogen and oxygen atoms in total. The van der Waals surface area contributed by atoms with E-state index in [0.29, 0.717) is 12.3 Å². The molecule has 0 aliphatic rings. The number of rotatable bonds is 4. The Hall–Kier alpha value is -0.610. The number of aliphatic carboxylic acids is 1. The van der Waals surface area contributed by atoms with Crippen LogP contribution in [0.1, 0.15) is 20.3 Å². The molecule has 0 radical (unpaired) electrons. The maximum absolute atomic E-state index is 10.3. The van der Waals surface area contributed by atoms with Crippen molar-refractivity contribution in [2.24, 2.45) is 17.4 Å². The number of carbonyl (C=O) groups is 1. The Bertz CT molecular complexity index is 136. The lowest BCUT2D eigenvalue weighted by Gasteiger charge is -2.17. The van der Waals surface area contributed by atoms with Crippen molar-refractivity contribution in [3.63, 3.8) is 0 Å². The third-order valence-corrected chi connectivity index (χ3v) is 1.49. The molecule has 0 aromatic heterocycles. The van der Waals surface area contributed by atoms with Crippen LogP contribution in [0.2, 0.25) is 0 Å². The van der Waals surface area contributed by atoms with Gasteiger partial charge in [-0.2, -0.15) is 0 Å². The van der Waals surface area contributed by atoms with Crippen LogP contribution in [-0.2, 0) is 4.79 Å². The Morgan fingerprint density at radius 3 is 2.18 bits per heavy atom. The zero-order valence-electron chi connectivity index (χ0n) is 6.95. The number of carboxylic acids is 1. The van der Waals surface area contributed by atoms with Crippen LogP contribution in [0.3, 0.4) is 0 Å². The van der Waals surface area contributed by atoms with E-state index in [1.807, 2.05) is 13.8 Å². The van der Waals surface area contributed by atoms with E-state index in [0.717, 1.165) is 0 Å². The molecule has 0 saturated carbocycles. The summed E-state index contributed by atoms with van der Waals surface area (Å²) in [6.07, 6.45) is 0.646. The van der Waals surface area contributed by atoms with Gasteiger partial charge >= 0.3 is 5.97 Å². The Labute approximate surface area is 66.6 Å². The molecule has 0 unspecified atom stereocenters. The topological polar surface area (TPSA) is 89.3 Å². The molecule has 0 fully saturated rings. The van der Waals surface area contributed by atoms with Gasteiger partial charge in [-0.25, -0.2) is 0 Å². The standard InChI is InChI=1S/C7H16N2O2/c1-4(2)3-5(8)6(9)7(10)11/h4-6H,3,8-9H2,1-2H3,(H,10,11)/t5-,6-/m1/s1. The van der Waals surface area contributed by atoms with E-state index < -0.39 is 18.1 Å². The Morgan fingerprint density at radius 2 is 1.91 bits per heavy atom. The SMILES string of the molecule is CC(C)C[C@@H](N)[C@@H](N)C(=O)O. The zero-order chi connectivity index (χ0) is 9.02. The van der Waals surface area contributed by atoms with Crippen molar-refractivity contribution >= 4 is 5.97 Å². The predicted octanol–water partition coefficient (Wildman–Crippen LogP) is -0.228. The van der Waals surface area contributed by atoms with Crippen molar-refractivity contribution in [3.05, 3.63) is 0 Å². The largest absolute Gasteiger partial charge is 0.480 e. The van der Waals surface area contributed by atoms with E-state index in [4.69, 9.17) is 16.6 Å². The summed E-state index contributed by atoms with van der Waals surface area (Å²) in [5.74, 6) is -0.645. The summed E-state index contributed by atoms with van der Waals surface area (Å²) in [4.78, 5) is 10.3. The fourth-order valence-corrected chi connectivity index (χ4v) is 0.874. The maximum atomic E-state index is 10.3. The molecule has 0 aliphatic heterocycles. The highest BCUT2D eigenvalue weighted by Gasteiger charge is 2.20. The average Bonchev–Trinajstić information content (AvgIpc) is 1.84. The summed E-state index contributed by atoms with van der Waals surface area (Å²) >= 11 is 0. The number of hydrogen-bond acceptors (Lipinski definition) is 3. The van der Waals surface area contributed by atoms with Crippen LogP contribution in [0.25, 0.3) is 0 Å². The number of hydrogen-bond donors (Lipinski definition) is 3. The Kier molecular flexibility index (Phi) is 4.07. The first kappa shape index (κ1) is 10.4. The fraction of sp³-hybridized carbons (Fsp3) is 0.857. The molecule has 5 N–H and O–H groups in total. The first-order valence-electron chi connectivity index (χ1n) is 3.69. The highest BCUT2D eigenvalue weighted by Crippen LogP contribution is 2.04. The van der Waals surface area contributed by atoms with Gasteiger partial charge in [0.2, 0.25) is 0 Å². The fourth-order valence-electron chi connectivity index (χ4n) is 0.874. The lowest BCUT2D eigenvalue weighted by atomic mass is 9.99. The minimum atomic E-state index is -1.03. The third-order valence-electron chi connectivity index (χ3n) is 1.49. The molecule has 0 aromatic carbocycles. The van der Waals surface area contributed by atoms with Crippen molar-refractivity contribution in [1.29, 1.82) is 0 Å². The summed E-state index contributed by atoms with van der Waals surface area (Å²) in [7, 11) is 0. The van der Waals surface area contributed by atoms with Crippen molar-refractivity contribution in [3.8, 4) is 0 Å². The van der Waals surface area contributed by atoms with E-state index in [1.54, 1.807) is 0 Å². The molecule has 0 rings (SSSR count). The van der Waals surface area contributed by atoms with Gasteiger partial charge in [0.15, 0.2) is 0 Å². The van der Waals surface area contributed by atoms with Crippen LogP contribution in [0.15, 0.2) is 0 Å². The molecule has 0 amide bonds. The second-order valence-corrected chi connectivity index (χ2v) is 3.16. The van der Waals surface area contributed by atoms with Crippen molar-refractivity contribution < 1.29 is 9.90 Å². The first-order chi connectivity index (χ1) is 4.95. The van der Waals surface area contributed by atoms with Gasteiger partial charge in [0.05, 0.1) is 0 Å². The van der Waals surface area contributed by atoms with Crippen LogP contribution in [0.4, 0.5) is 0 Å². The van der Waals surface area contributed by atoms with Gasteiger partial charge in [-0.1, -0.05) is 13.8 Å². The second kappa shape index (κ2) is 4.31. The van der Waals surface area contributed by atoms with Crippen molar-refractivity contribution in [1.82, 2.24) is 0 Å². The Balaban J connectivity index is 3.82. The monoisotopic (exact) mass is 160 g/mol. The lowest BCUT2D eigenvalue weighted by Crippen LogP contribution is -2.47. The molecule has 0 saturated heterocycles. The van der Waals surface area contributed by atoms with Gasteiger partial charge in [0.25, 0.3) is 0 Å². The van der Waals surface area contributed by atoms with E-state index in [2.05, 4.69) is 0 Å². The van der Waals surface area contributed by atoms with Gasteiger partial charge < -0.3 is 16.6 Å². The van der Waals surface area contributed by atoms with Gasteiger partial charge in [-0.3, -0.25) is 4.79 Å². The van der Waals surface area contributed by atoms with Crippen molar-refractivity contribution in [2.45, 2.75) is 32.4 Å². The smallest absolute Gasteiger partial charge is 0.322 e. The van der Waals surface area contributed by atoms with Gasteiger partial charge in [0.1, 0.15) is 6.04 Å². The van der Waals surface area contributed by atoms with Crippen LogP contribution < -0.4 is 11.5 Å². The third kappa shape index (κ3) is 3.95. The molecule has 0 bridgehead atoms. The van der Waals surface area contributed by atoms with E-state index >= 15 is 0 Å². The molecular formula is C7H16N2O2. The molecule has 11 heavy (non-hydrogen) atoms. The van der Waals surface area contributed by atoms with Gasteiger partial charge in [-0.05, 0) is 12.3 Å². The minimum absolute atomic E-state index is 0.385. The van der Waals surface area contributed by atoms with Crippen LogP contribution in [0, 0.1) is 5.92 Å². The zero-order valence-corrected chi connectivity index (χ0v) is 6.95. The highest BCUT2D eigenvalue weighted by molar-refractivity contribution is 5.74. The molecule has 0 aliphatic carbocycles. The second-order valence-electron chi connectivity index (χ2n) is 3.16. The highest BCUT2D eigenvalue weighted by atomic mass is 16.4. The van der Waals surface area contributed by atoms with E-state index in [1.165, 1.54) is 0 Å². The summed E-state index contributed by atoms with van der Waals surface area (Å²) in [6, 6.07) is -1.37.